The van der Waals surface area contributed by atoms with Crippen molar-refractivity contribution in [2.75, 3.05) is 24.6 Å². The number of likely N-dealkylation sites (N-methyl/N-ethyl adjacent to an activating group) is 1. The van der Waals surface area contributed by atoms with Crippen molar-refractivity contribution < 1.29 is 14.3 Å². The van der Waals surface area contributed by atoms with Gasteiger partial charge in [0.05, 0.1) is 18.8 Å². The molecule has 8 heteroatoms. The molecule has 0 spiro atoms. The first-order valence-electron chi connectivity index (χ1n) is 9.40. The first-order valence-corrected chi connectivity index (χ1v) is 9.40. The number of carbonyl (C=O) groups is 2. The highest BCUT2D eigenvalue weighted by atomic mass is 16.6. The van der Waals surface area contributed by atoms with Crippen LogP contribution in [0.15, 0.2) is 41.2 Å². The van der Waals surface area contributed by atoms with E-state index in [2.05, 4.69) is 5.10 Å². The van der Waals surface area contributed by atoms with Crippen LogP contribution in [0.1, 0.15) is 25.1 Å². The molecular weight excluding hydrogens is 360 g/mol. The van der Waals surface area contributed by atoms with Crippen LogP contribution in [0.25, 0.3) is 0 Å². The number of carbonyl (C=O) groups excluding carboxylic acids is 2. The maximum absolute atomic E-state index is 12.7. The molecule has 148 valence electrons. The van der Waals surface area contributed by atoms with E-state index in [1.54, 1.807) is 16.7 Å². The summed E-state index contributed by atoms with van der Waals surface area (Å²) in [6, 6.07) is 10.8. The van der Waals surface area contributed by atoms with Crippen molar-refractivity contribution in [3.05, 3.63) is 58.0 Å². The molecule has 0 N–H and O–H groups in total. The zero-order valence-corrected chi connectivity index (χ0v) is 16.1. The van der Waals surface area contributed by atoms with Crippen molar-refractivity contribution in [3.63, 3.8) is 0 Å². The summed E-state index contributed by atoms with van der Waals surface area (Å²) in [5.74, 6) is -0.202. The van der Waals surface area contributed by atoms with E-state index < -0.39 is 6.09 Å². The number of rotatable bonds is 5. The van der Waals surface area contributed by atoms with E-state index in [0.717, 1.165) is 11.4 Å². The Morgan fingerprint density at radius 1 is 1.21 bits per heavy atom. The van der Waals surface area contributed by atoms with Crippen LogP contribution in [0.4, 0.5) is 10.5 Å². The Balaban J connectivity index is 1.77. The Morgan fingerprint density at radius 3 is 2.64 bits per heavy atom. The van der Waals surface area contributed by atoms with Gasteiger partial charge in [0.25, 0.3) is 5.56 Å². The molecule has 0 fully saturated rings. The fourth-order valence-electron chi connectivity index (χ4n) is 3.25. The third-order valence-electron chi connectivity index (χ3n) is 4.64. The number of amides is 2. The van der Waals surface area contributed by atoms with E-state index in [4.69, 9.17) is 4.74 Å². The summed E-state index contributed by atoms with van der Waals surface area (Å²) in [4.78, 5) is 40.3. The summed E-state index contributed by atoms with van der Waals surface area (Å²) in [6.07, 6.45) is 0.118. The van der Waals surface area contributed by atoms with Gasteiger partial charge in [0.2, 0.25) is 5.91 Å². The first kappa shape index (κ1) is 19.6. The lowest BCUT2D eigenvalue weighted by molar-refractivity contribution is -0.119. The smallest absolute Gasteiger partial charge is 0.410 e. The third kappa shape index (κ3) is 4.21. The van der Waals surface area contributed by atoms with Crippen molar-refractivity contribution in [2.45, 2.75) is 33.4 Å². The van der Waals surface area contributed by atoms with Gasteiger partial charge in [-0.2, -0.15) is 5.10 Å². The zero-order chi connectivity index (χ0) is 20.1. The summed E-state index contributed by atoms with van der Waals surface area (Å²) in [7, 11) is 0. The van der Waals surface area contributed by atoms with Crippen LogP contribution >= 0.6 is 0 Å². The molecule has 2 aromatic rings. The van der Waals surface area contributed by atoms with Crippen LogP contribution in [0.2, 0.25) is 0 Å². The quantitative estimate of drug-likeness (QED) is 0.785. The van der Waals surface area contributed by atoms with E-state index in [1.165, 1.54) is 10.7 Å². The number of hydrogen-bond acceptors (Lipinski definition) is 5. The molecule has 1 aromatic heterocycles. The minimum atomic E-state index is -0.394. The summed E-state index contributed by atoms with van der Waals surface area (Å²) in [5.41, 5.74) is 1.85. The van der Waals surface area contributed by atoms with Crippen molar-refractivity contribution >= 4 is 17.7 Å². The zero-order valence-electron chi connectivity index (χ0n) is 16.1. The highest BCUT2D eigenvalue weighted by Crippen LogP contribution is 2.17. The van der Waals surface area contributed by atoms with Crippen molar-refractivity contribution in [3.8, 4) is 0 Å². The topological polar surface area (TPSA) is 84.7 Å². The molecule has 0 unspecified atom stereocenters. The normalized spacial score (nSPS) is 13.0. The predicted molar refractivity (Wildman–Crippen MR) is 104 cm³/mol. The highest BCUT2D eigenvalue weighted by molar-refractivity contribution is 5.93. The minimum Gasteiger partial charge on any atom is -0.450 e. The highest BCUT2D eigenvalue weighted by Gasteiger charge is 2.24. The van der Waals surface area contributed by atoms with Gasteiger partial charge < -0.3 is 14.5 Å². The molecule has 0 atom stereocenters. The number of benzene rings is 1. The maximum atomic E-state index is 12.7. The number of hydrogen-bond donors (Lipinski definition) is 0. The molecule has 1 aliphatic heterocycles. The summed E-state index contributed by atoms with van der Waals surface area (Å²) < 4.78 is 6.22. The minimum absolute atomic E-state index is 0.129. The van der Waals surface area contributed by atoms with Crippen molar-refractivity contribution in [1.82, 2.24) is 14.7 Å². The average Bonchev–Trinajstić information content (AvgIpc) is 2.70. The molecule has 2 amide bonds. The van der Waals surface area contributed by atoms with Crippen LogP contribution < -0.4 is 10.5 Å². The molecule has 0 bridgehead atoms. The Bertz CT molecular complexity index is 910. The van der Waals surface area contributed by atoms with Crippen LogP contribution in [0, 0.1) is 0 Å². The first-order chi connectivity index (χ1) is 13.5. The molecule has 0 radical (unpaired) electrons. The number of fused-ring (bicyclic) bond motifs is 1. The number of aromatic nitrogens is 2. The lowest BCUT2D eigenvalue weighted by Crippen LogP contribution is -2.41. The fourth-order valence-corrected chi connectivity index (χ4v) is 3.25. The Labute approximate surface area is 163 Å². The standard InChI is InChI=1S/C20H24N4O4/c1-3-23(16-8-6-5-7-9-16)19(26)14-24-18(25)12-15-13-22(20(27)28-4-2)11-10-17(15)21-24/h5-9,12H,3-4,10-11,13-14H2,1-2H3. The second kappa shape index (κ2) is 8.69. The van der Waals surface area contributed by atoms with Gasteiger partial charge in [0, 0.05) is 36.8 Å². The van der Waals surface area contributed by atoms with Crippen molar-refractivity contribution in [1.29, 1.82) is 0 Å². The van der Waals surface area contributed by atoms with Crippen LogP contribution in [-0.4, -0.2) is 46.4 Å². The van der Waals surface area contributed by atoms with Gasteiger partial charge >= 0.3 is 6.09 Å². The molecule has 0 saturated carbocycles. The molecule has 2 heterocycles. The maximum Gasteiger partial charge on any atom is 0.410 e. The van der Waals surface area contributed by atoms with Gasteiger partial charge in [0.15, 0.2) is 0 Å². The van der Waals surface area contributed by atoms with E-state index in [1.807, 2.05) is 37.3 Å². The third-order valence-corrected chi connectivity index (χ3v) is 4.64. The molecule has 8 nitrogen and oxygen atoms in total. The van der Waals surface area contributed by atoms with Gasteiger partial charge in [-0.3, -0.25) is 9.59 Å². The number of ether oxygens (including phenoxy) is 1. The molecule has 1 aliphatic rings. The monoisotopic (exact) mass is 384 g/mol. The summed E-state index contributed by atoms with van der Waals surface area (Å²) in [6.45, 7) is 5.07. The largest absolute Gasteiger partial charge is 0.450 e. The SMILES string of the molecule is CCOC(=O)N1CCc2nn(CC(=O)N(CC)c3ccccc3)c(=O)cc2C1. The number of nitrogens with zero attached hydrogens (tertiary/aromatic N) is 4. The van der Waals surface area contributed by atoms with Gasteiger partial charge in [-0.25, -0.2) is 9.48 Å². The van der Waals surface area contributed by atoms with E-state index in [-0.39, 0.29) is 24.6 Å². The van der Waals surface area contributed by atoms with Gasteiger partial charge in [0.1, 0.15) is 6.54 Å². The van der Waals surface area contributed by atoms with E-state index >= 15 is 0 Å². The second-order valence-electron chi connectivity index (χ2n) is 6.46. The van der Waals surface area contributed by atoms with Gasteiger partial charge in [-0.05, 0) is 26.0 Å². The van der Waals surface area contributed by atoms with Gasteiger partial charge in [-0.15, -0.1) is 0 Å². The Morgan fingerprint density at radius 2 is 1.96 bits per heavy atom. The van der Waals surface area contributed by atoms with E-state index in [0.29, 0.717) is 31.7 Å². The lowest BCUT2D eigenvalue weighted by Gasteiger charge is -2.27. The Kier molecular flexibility index (Phi) is 6.08. The predicted octanol–water partition coefficient (Wildman–Crippen LogP) is 1.81. The molecule has 1 aromatic carbocycles. The second-order valence-corrected chi connectivity index (χ2v) is 6.46. The van der Waals surface area contributed by atoms with Crippen LogP contribution in [0.5, 0.6) is 0 Å². The molecule has 3 rings (SSSR count). The van der Waals surface area contributed by atoms with Crippen LogP contribution in [0.3, 0.4) is 0 Å². The summed E-state index contributed by atoms with van der Waals surface area (Å²) in [5, 5.41) is 4.38. The molecule has 28 heavy (non-hydrogen) atoms. The lowest BCUT2D eigenvalue weighted by atomic mass is 10.1. The molecular formula is C20H24N4O4. The molecule has 0 saturated heterocycles. The van der Waals surface area contributed by atoms with Crippen molar-refractivity contribution in [2.24, 2.45) is 0 Å². The van der Waals surface area contributed by atoms with Crippen LogP contribution in [-0.2, 0) is 29.0 Å². The number of para-hydroxylation sites is 1. The summed E-state index contributed by atoms with van der Waals surface area (Å²) >= 11 is 0. The Hall–Kier alpha value is -3.16. The van der Waals surface area contributed by atoms with Gasteiger partial charge in [-0.1, -0.05) is 18.2 Å². The fraction of sp³-hybridized carbons (Fsp3) is 0.400. The van der Waals surface area contributed by atoms with E-state index in [9.17, 15) is 14.4 Å². The molecule has 0 aliphatic carbocycles. The number of anilines is 1. The average molecular weight is 384 g/mol.